The maximum Gasteiger partial charge on any atom is 0.323 e. The third-order valence-electron chi connectivity index (χ3n) is 2.63. The van der Waals surface area contributed by atoms with Crippen molar-refractivity contribution in [1.29, 1.82) is 0 Å². The highest BCUT2D eigenvalue weighted by atomic mass is 32.2. The van der Waals surface area contributed by atoms with E-state index in [1.165, 1.54) is 38.2 Å². The second kappa shape index (κ2) is 7.19. The molecule has 1 aromatic rings. The standard InChI is InChI=1S/C13H18N2O5S/c1-4-20-13(17)9(2)15-21(18,19)11-7-5-10(6-8-11)12(16)14-3/h5-9,15H,4H2,1-3H3,(H,14,16). The van der Waals surface area contributed by atoms with Gasteiger partial charge in [-0.2, -0.15) is 4.72 Å². The molecular formula is C13H18N2O5S. The summed E-state index contributed by atoms with van der Waals surface area (Å²) < 4.78 is 31.1. The van der Waals surface area contributed by atoms with E-state index in [-0.39, 0.29) is 17.4 Å². The lowest BCUT2D eigenvalue weighted by Crippen LogP contribution is -2.39. The predicted molar refractivity (Wildman–Crippen MR) is 76.2 cm³/mol. The van der Waals surface area contributed by atoms with E-state index in [2.05, 4.69) is 10.0 Å². The van der Waals surface area contributed by atoms with Crippen molar-refractivity contribution in [1.82, 2.24) is 10.0 Å². The molecule has 21 heavy (non-hydrogen) atoms. The van der Waals surface area contributed by atoms with Crippen molar-refractivity contribution < 1.29 is 22.7 Å². The SMILES string of the molecule is CCOC(=O)C(C)NS(=O)(=O)c1ccc(C(=O)NC)cc1. The number of ether oxygens (including phenoxy) is 1. The van der Waals surface area contributed by atoms with Crippen LogP contribution in [0.15, 0.2) is 29.2 Å². The van der Waals surface area contributed by atoms with Gasteiger partial charge in [0.15, 0.2) is 0 Å². The molecule has 0 saturated heterocycles. The highest BCUT2D eigenvalue weighted by molar-refractivity contribution is 7.89. The molecule has 116 valence electrons. The average Bonchev–Trinajstić information content (AvgIpc) is 2.46. The van der Waals surface area contributed by atoms with Crippen molar-refractivity contribution in [3.8, 4) is 0 Å². The molecule has 8 heteroatoms. The molecule has 0 aliphatic rings. The molecule has 0 aromatic heterocycles. The molecule has 1 aromatic carbocycles. The number of nitrogens with one attached hydrogen (secondary N) is 2. The summed E-state index contributed by atoms with van der Waals surface area (Å²) >= 11 is 0. The monoisotopic (exact) mass is 314 g/mol. The number of benzene rings is 1. The van der Waals surface area contributed by atoms with E-state index < -0.39 is 22.0 Å². The van der Waals surface area contributed by atoms with Gasteiger partial charge in [0.1, 0.15) is 6.04 Å². The molecule has 0 aliphatic heterocycles. The fourth-order valence-corrected chi connectivity index (χ4v) is 2.74. The highest BCUT2D eigenvalue weighted by Gasteiger charge is 2.23. The Morgan fingerprint density at radius 1 is 1.24 bits per heavy atom. The van der Waals surface area contributed by atoms with Crippen molar-refractivity contribution in [3.63, 3.8) is 0 Å². The molecule has 1 rings (SSSR count). The van der Waals surface area contributed by atoms with Crippen LogP contribution < -0.4 is 10.0 Å². The van der Waals surface area contributed by atoms with Crippen molar-refractivity contribution in [2.45, 2.75) is 24.8 Å². The smallest absolute Gasteiger partial charge is 0.323 e. The molecule has 0 spiro atoms. The number of carbonyl (C=O) groups excluding carboxylic acids is 2. The zero-order valence-corrected chi connectivity index (χ0v) is 12.9. The summed E-state index contributed by atoms with van der Waals surface area (Å²) in [6.07, 6.45) is 0. The molecule has 7 nitrogen and oxygen atoms in total. The summed E-state index contributed by atoms with van der Waals surface area (Å²) in [6.45, 7) is 3.21. The van der Waals surface area contributed by atoms with Crippen molar-refractivity contribution in [2.75, 3.05) is 13.7 Å². The minimum atomic E-state index is -3.85. The molecule has 1 amide bonds. The first kappa shape index (κ1) is 17.1. The van der Waals surface area contributed by atoms with Crippen LogP contribution in [0.25, 0.3) is 0 Å². The van der Waals surface area contributed by atoms with Gasteiger partial charge in [0.05, 0.1) is 11.5 Å². The van der Waals surface area contributed by atoms with Gasteiger partial charge in [0.2, 0.25) is 10.0 Å². The average molecular weight is 314 g/mol. The lowest BCUT2D eigenvalue weighted by molar-refractivity contribution is -0.144. The van der Waals surface area contributed by atoms with Crippen LogP contribution in [0, 0.1) is 0 Å². The molecule has 0 radical (unpaired) electrons. The van der Waals surface area contributed by atoms with Gasteiger partial charge < -0.3 is 10.1 Å². The Kier molecular flexibility index (Phi) is 5.86. The van der Waals surface area contributed by atoms with Gasteiger partial charge in [-0.1, -0.05) is 0 Å². The third-order valence-corrected chi connectivity index (χ3v) is 4.18. The van der Waals surface area contributed by atoms with Gasteiger partial charge in [-0.3, -0.25) is 9.59 Å². The summed E-state index contributed by atoms with van der Waals surface area (Å²) in [5, 5.41) is 2.44. The Bertz CT molecular complexity index is 610. The minimum absolute atomic E-state index is 0.0358. The van der Waals surface area contributed by atoms with Gasteiger partial charge in [-0.25, -0.2) is 8.42 Å². The Morgan fingerprint density at radius 3 is 2.29 bits per heavy atom. The summed E-state index contributed by atoms with van der Waals surface area (Å²) in [6, 6.07) is 4.38. The zero-order chi connectivity index (χ0) is 16.0. The van der Waals surface area contributed by atoms with Crippen molar-refractivity contribution in [2.24, 2.45) is 0 Å². The van der Waals surface area contributed by atoms with Crippen LogP contribution in [0.3, 0.4) is 0 Å². The number of amides is 1. The van der Waals surface area contributed by atoms with E-state index in [4.69, 9.17) is 4.74 Å². The second-order valence-corrected chi connectivity index (χ2v) is 5.91. The number of rotatable bonds is 6. The fraction of sp³-hybridized carbons (Fsp3) is 0.385. The van der Waals surface area contributed by atoms with Crippen molar-refractivity contribution in [3.05, 3.63) is 29.8 Å². The van der Waals surface area contributed by atoms with E-state index in [0.717, 1.165) is 0 Å². The van der Waals surface area contributed by atoms with Crippen LogP contribution in [0.4, 0.5) is 0 Å². The second-order valence-electron chi connectivity index (χ2n) is 4.20. The number of hydrogen-bond donors (Lipinski definition) is 2. The fourth-order valence-electron chi connectivity index (χ4n) is 1.55. The van der Waals surface area contributed by atoms with Gasteiger partial charge in [0.25, 0.3) is 5.91 Å². The zero-order valence-electron chi connectivity index (χ0n) is 12.0. The molecule has 1 unspecified atom stereocenters. The van der Waals surface area contributed by atoms with Crippen LogP contribution in [-0.4, -0.2) is 40.0 Å². The molecule has 0 aliphatic carbocycles. The predicted octanol–water partition coefficient (Wildman–Crippen LogP) is 0.276. The normalized spacial score (nSPS) is 12.5. The summed E-state index contributed by atoms with van der Waals surface area (Å²) in [7, 11) is -2.37. The first-order chi connectivity index (χ1) is 9.81. The van der Waals surface area contributed by atoms with Gasteiger partial charge >= 0.3 is 5.97 Å². The number of carbonyl (C=O) groups is 2. The van der Waals surface area contributed by atoms with E-state index in [1.54, 1.807) is 6.92 Å². The van der Waals surface area contributed by atoms with Crippen LogP contribution in [-0.2, 0) is 19.6 Å². The van der Waals surface area contributed by atoms with Gasteiger partial charge in [-0.05, 0) is 38.1 Å². The quantitative estimate of drug-likeness (QED) is 0.734. The maximum atomic E-state index is 12.1. The molecule has 2 N–H and O–H groups in total. The Balaban J connectivity index is 2.88. The third kappa shape index (κ3) is 4.54. The lowest BCUT2D eigenvalue weighted by Gasteiger charge is -2.13. The first-order valence-corrected chi connectivity index (χ1v) is 7.81. The largest absolute Gasteiger partial charge is 0.465 e. The van der Waals surface area contributed by atoms with E-state index in [0.29, 0.717) is 5.56 Å². The number of sulfonamides is 1. The molecule has 1 atom stereocenters. The van der Waals surface area contributed by atoms with Crippen LogP contribution in [0.2, 0.25) is 0 Å². The lowest BCUT2D eigenvalue weighted by atomic mass is 10.2. The van der Waals surface area contributed by atoms with Crippen LogP contribution in [0.5, 0.6) is 0 Å². The maximum absolute atomic E-state index is 12.1. The van der Waals surface area contributed by atoms with E-state index in [9.17, 15) is 18.0 Å². The van der Waals surface area contributed by atoms with Gasteiger partial charge in [0, 0.05) is 12.6 Å². The first-order valence-electron chi connectivity index (χ1n) is 6.33. The number of hydrogen-bond acceptors (Lipinski definition) is 5. The van der Waals surface area contributed by atoms with Crippen LogP contribution in [0.1, 0.15) is 24.2 Å². The van der Waals surface area contributed by atoms with Crippen LogP contribution >= 0.6 is 0 Å². The number of esters is 1. The molecule has 0 bridgehead atoms. The Morgan fingerprint density at radius 2 is 1.81 bits per heavy atom. The highest BCUT2D eigenvalue weighted by Crippen LogP contribution is 2.11. The molecule has 0 saturated carbocycles. The topological polar surface area (TPSA) is 102 Å². The van der Waals surface area contributed by atoms with E-state index in [1.807, 2.05) is 0 Å². The Hall–Kier alpha value is -1.93. The van der Waals surface area contributed by atoms with Crippen molar-refractivity contribution >= 4 is 21.9 Å². The summed E-state index contributed by atoms with van der Waals surface area (Å²) in [4.78, 5) is 22.8. The Labute approximate surface area is 123 Å². The van der Waals surface area contributed by atoms with E-state index >= 15 is 0 Å². The summed E-state index contributed by atoms with van der Waals surface area (Å²) in [5.41, 5.74) is 0.342. The molecule has 0 fully saturated rings. The summed E-state index contributed by atoms with van der Waals surface area (Å²) in [5.74, 6) is -0.963. The molecule has 0 heterocycles. The molecular weight excluding hydrogens is 296 g/mol. The minimum Gasteiger partial charge on any atom is -0.465 e. The van der Waals surface area contributed by atoms with Gasteiger partial charge in [-0.15, -0.1) is 0 Å².